The van der Waals surface area contributed by atoms with Crippen molar-refractivity contribution < 1.29 is 9.52 Å². The van der Waals surface area contributed by atoms with Crippen LogP contribution >= 0.6 is 0 Å². The number of furan rings is 1. The lowest BCUT2D eigenvalue weighted by Crippen LogP contribution is -2.50. The van der Waals surface area contributed by atoms with Crippen molar-refractivity contribution in [3.05, 3.63) is 30.0 Å². The topological polar surface area (TPSA) is 33.4 Å². The van der Waals surface area contributed by atoms with Crippen LogP contribution in [-0.4, -0.2) is 19.8 Å². The zero-order chi connectivity index (χ0) is 15.0. The molecule has 0 spiro atoms. The van der Waals surface area contributed by atoms with Crippen molar-refractivity contribution in [2.24, 2.45) is 0 Å². The number of hydrogen-bond donors (Lipinski definition) is 1. The highest BCUT2D eigenvalue weighted by Crippen LogP contribution is 2.38. The Morgan fingerprint density at radius 3 is 2.40 bits per heavy atom. The molecule has 0 bridgehead atoms. The third-order valence-corrected chi connectivity index (χ3v) is 10.3. The van der Waals surface area contributed by atoms with Crippen molar-refractivity contribution in [3.8, 4) is 0 Å². The van der Waals surface area contributed by atoms with Gasteiger partial charge < -0.3 is 9.52 Å². The summed E-state index contributed by atoms with van der Waals surface area (Å²) in [5.74, 6) is 1.09. The van der Waals surface area contributed by atoms with Crippen LogP contribution in [0.2, 0.25) is 18.1 Å². The Labute approximate surface area is 122 Å². The first-order valence-corrected chi connectivity index (χ1v) is 10.4. The van der Waals surface area contributed by atoms with Crippen LogP contribution in [0.5, 0.6) is 0 Å². The molecule has 0 aliphatic carbocycles. The number of aryl methyl sites for hydroxylation is 1. The van der Waals surface area contributed by atoms with Crippen LogP contribution in [0.3, 0.4) is 0 Å². The lowest BCUT2D eigenvalue weighted by Gasteiger charge is -2.37. The molecule has 0 radical (unpaired) electrons. The highest BCUT2D eigenvalue weighted by molar-refractivity contribution is 6.94. The van der Waals surface area contributed by atoms with E-state index in [4.69, 9.17) is 9.52 Å². The van der Waals surface area contributed by atoms with Gasteiger partial charge in [0, 0.05) is 18.4 Å². The average Bonchev–Trinajstić information content (AvgIpc) is 2.73. The largest absolute Gasteiger partial charge is 0.461 e. The van der Waals surface area contributed by atoms with Gasteiger partial charge in [0.2, 0.25) is 0 Å². The van der Waals surface area contributed by atoms with Gasteiger partial charge in [0.05, 0.1) is 8.07 Å². The molecule has 0 atom stereocenters. The van der Waals surface area contributed by atoms with Crippen molar-refractivity contribution in [3.63, 3.8) is 0 Å². The van der Waals surface area contributed by atoms with Gasteiger partial charge in [-0.05, 0) is 22.7 Å². The van der Waals surface area contributed by atoms with E-state index in [0.29, 0.717) is 0 Å². The SMILES string of the molecule is CC(C)(C)[Si](C)(C)c1c(CCCO)oc2ccccc12. The van der Waals surface area contributed by atoms with Crippen molar-refractivity contribution in [2.45, 2.75) is 51.7 Å². The summed E-state index contributed by atoms with van der Waals surface area (Å²) < 4.78 is 6.11. The molecule has 2 nitrogen and oxygen atoms in total. The Bertz CT molecular complexity index is 591. The van der Waals surface area contributed by atoms with Gasteiger partial charge >= 0.3 is 0 Å². The van der Waals surface area contributed by atoms with Crippen LogP contribution in [0.4, 0.5) is 0 Å². The molecule has 2 rings (SSSR count). The second kappa shape index (κ2) is 5.38. The minimum atomic E-state index is -1.66. The Morgan fingerprint density at radius 2 is 1.80 bits per heavy atom. The smallest absolute Gasteiger partial charge is 0.134 e. The van der Waals surface area contributed by atoms with Crippen LogP contribution in [0, 0.1) is 0 Å². The van der Waals surface area contributed by atoms with Crippen LogP contribution in [0.15, 0.2) is 28.7 Å². The number of rotatable bonds is 4. The molecule has 0 amide bonds. The summed E-state index contributed by atoms with van der Waals surface area (Å²) >= 11 is 0. The van der Waals surface area contributed by atoms with Gasteiger partial charge in [-0.1, -0.05) is 52.1 Å². The summed E-state index contributed by atoms with van der Waals surface area (Å²) in [6, 6.07) is 8.34. The summed E-state index contributed by atoms with van der Waals surface area (Å²) in [6.07, 6.45) is 1.59. The van der Waals surface area contributed by atoms with Crippen LogP contribution in [0.1, 0.15) is 33.0 Å². The van der Waals surface area contributed by atoms with Crippen molar-refractivity contribution in [1.82, 2.24) is 0 Å². The molecule has 1 aromatic heterocycles. The maximum Gasteiger partial charge on any atom is 0.134 e. The van der Waals surface area contributed by atoms with Gasteiger partial charge in [-0.25, -0.2) is 0 Å². The molecular formula is C17H26O2Si. The van der Waals surface area contributed by atoms with Gasteiger partial charge in [-0.15, -0.1) is 0 Å². The monoisotopic (exact) mass is 290 g/mol. The van der Waals surface area contributed by atoms with E-state index in [2.05, 4.69) is 52.1 Å². The first kappa shape index (κ1) is 15.3. The standard InChI is InChI=1S/C17H26O2Si/c1-17(2,3)20(4,5)16-13-9-6-7-10-14(13)19-15(16)11-8-12-18/h6-7,9-10,18H,8,11-12H2,1-5H3. The van der Waals surface area contributed by atoms with E-state index in [-0.39, 0.29) is 11.6 Å². The minimum Gasteiger partial charge on any atom is -0.461 e. The zero-order valence-electron chi connectivity index (χ0n) is 13.3. The third-order valence-electron chi connectivity index (χ3n) is 4.73. The Balaban J connectivity index is 2.65. The summed E-state index contributed by atoms with van der Waals surface area (Å²) in [4.78, 5) is 0. The summed E-state index contributed by atoms with van der Waals surface area (Å²) in [6.45, 7) is 12.1. The van der Waals surface area contributed by atoms with Gasteiger partial charge in [0.1, 0.15) is 11.3 Å². The van der Waals surface area contributed by atoms with E-state index in [1.54, 1.807) is 0 Å². The van der Waals surface area contributed by atoms with Gasteiger partial charge in [0.15, 0.2) is 0 Å². The van der Waals surface area contributed by atoms with E-state index < -0.39 is 8.07 Å². The van der Waals surface area contributed by atoms with E-state index in [1.807, 2.05) is 6.07 Å². The number of para-hydroxylation sites is 1. The van der Waals surface area contributed by atoms with Crippen LogP contribution < -0.4 is 5.19 Å². The molecule has 0 fully saturated rings. The highest BCUT2D eigenvalue weighted by atomic mass is 28.3. The maximum absolute atomic E-state index is 9.13. The molecule has 0 unspecified atom stereocenters. The fourth-order valence-corrected chi connectivity index (χ4v) is 5.08. The minimum absolute atomic E-state index is 0.216. The number of aliphatic hydroxyl groups excluding tert-OH is 1. The van der Waals surface area contributed by atoms with Gasteiger partial charge in [-0.3, -0.25) is 0 Å². The van der Waals surface area contributed by atoms with E-state index in [1.165, 1.54) is 10.6 Å². The fraction of sp³-hybridized carbons (Fsp3) is 0.529. The molecule has 0 aliphatic heterocycles. The molecule has 2 aromatic rings. The van der Waals surface area contributed by atoms with E-state index in [0.717, 1.165) is 24.2 Å². The predicted molar refractivity (Wildman–Crippen MR) is 88.5 cm³/mol. The lowest BCUT2D eigenvalue weighted by atomic mass is 10.2. The average molecular weight is 290 g/mol. The second-order valence-electron chi connectivity index (χ2n) is 7.10. The molecule has 0 aliphatic rings. The van der Waals surface area contributed by atoms with E-state index >= 15 is 0 Å². The summed E-state index contributed by atoms with van der Waals surface area (Å²) in [5, 5.41) is 12.1. The molecular weight excluding hydrogens is 264 g/mol. The fourth-order valence-electron chi connectivity index (χ4n) is 2.57. The van der Waals surface area contributed by atoms with Crippen molar-refractivity contribution in [2.75, 3.05) is 6.61 Å². The quantitative estimate of drug-likeness (QED) is 0.861. The van der Waals surface area contributed by atoms with Gasteiger partial charge in [-0.2, -0.15) is 0 Å². The molecule has 1 aromatic carbocycles. The molecule has 110 valence electrons. The Kier molecular flexibility index (Phi) is 4.12. The van der Waals surface area contributed by atoms with E-state index in [9.17, 15) is 0 Å². The number of fused-ring (bicyclic) bond motifs is 1. The zero-order valence-corrected chi connectivity index (χ0v) is 14.3. The van der Waals surface area contributed by atoms with Gasteiger partial charge in [0.25, 0.3) is 0 Å². The maximum atomic E-state index is 9.13. The number of benzene rings is 1. The molecule has 0 saturated heterocycles. The summed E-state index contributed by atoms with van der Waals surface area (Å²) in [7, 11) is -1.66. The molecule has 1 heterocycles. The molecule has 1 N–H and O–H groups in total. The molecule has 20 heavy (non-hydrogen) atoms. The Morgan fingerprint density at radius 1 is 1.15 bits per heavy atom. The number of hydrogen-bond acceptors (Lipinski definition) is 2. The normalized spacial score (nSPS) is 13.1. The van der Waals surface area contributed by atoms with Crippen LogP contribution in [0.25, 0.3) is 11.0 Å². The Hall–Kier alpha value is -1.06. The summed E-state index contributed by atoms with van der Waals surface area (Å²) in [5.41, 5.74) is 0.986. The first-order chi connectivity index (χ1) is 9.29. The second-order valence-corrected chi connectivity index (χ2v) is 12.3. The first-order valence-electron chi connectivity index (χ1n) is 7.41. The molecule has 3 heteroatoms. The predicted octanol–water partition coefficient (Wildman–Crippen LogP) is 4.07. The van der Waals surface area contributed by atoms with Crippen molar-refractivity contribution in [1.29, 1.82) is 0 Å². The van der Waals surface area contributed by atoms with Crippen molar-refractivity contribution >= 4 is 24.2 Å². The third kappa shape index (κ3) is 2.57. The lowest BCUT2D eigenvalue weighted by molar-refractivity contribution is 0.285. The van der Waals surface area contributed by atoms with Crippen LogP contribution in [-0.2, 0) is 6.42 Å². The highest BCUT2D eigenvalue weighted by Gasteiger charge is 2.41. The molecule has 0 saturated carbocycles. The number of aliphatic hydroxyl groups is 1.